The first-order chi connectivity index (χ1) is 8.99. The summed E-state index contributed by atoms with van der Waals surface area (Å²) in [5.41, 5.74) is 0. The van der Waals surface area contributed by atoms with Gasteiger partial charge < -0.3 is 5.32 Å². The zero-order chi connectivity index (χ0) is 14.3. The highest BCUT2D eigenvalue weighted by Crippen LogP contribution is 2.21. The van der Waals surface area contributed by atoms with E-state index in [1.807, 2.05) is 19.2 Å². The van der Waals surface area contributed by atoms with E-state index in [1.165, 1.54) is 11.3 Å². The molecular weight excluding hydrogens is 300 g/mol. The lowest BCUT2D eigenvalue weighted by molar-refractivity contribution is 0.583. The molecule has 0 aliphatic heterocycles. The van der Waals surface area contributed by atoms with Crippen LogP contribution >= 0.6 is 23.1 Å². The highest BCUT2D eigenvalue weighted by atomic mass is 32.2. The summed E-state index contributed by atoms with van der Waals surface area (Å²) in [5, 5.41) is 3.51. The first kappa shape index (κ1) is 17.0. The van der Waals surface area contributed by atoms with Gasteiger partial charge >= 0.3 is 0 Å². The molecule has 0 aliphatic carbocycles. The van der Waals surface area contributed by atoms with Gasteiger partial charge in [-0.3, -0.25) is 0 Å². The quantitative estimate of drug-likeness (QED) is 0.682. The molecule has 19 heavy (non-hydrogen) atoms. The fraction of sp³-hybridized carbons (Fsp3) is 0.667. The van der Waals surface area contributed by atoms with Crippen molar-refractivity contribution in [3.8, 4) is 0 Å². The third-order valence-corrected chi connectivity index (χ3v) is 6.70. The molecule has 0 fully saturated rings. The molecule has 1 aromatic heterocycles. The Bertz CT molecular complexity index is 471. The summed E-state index contributed by atoms with van der Waals surface area (Å²) in [7, 11) is -3.34. The number of thiophene rings is 1. The highest BCUT2D eigenvalue weighted by molar-refractivity contribution is 7.99. The minimum Gasteiger partial charge on any atom is -0.317 e. The lowest BCUT2D eigenvalue weighted by Crippen LogP contribution is -2.28. The van der Waals surface area contributed by atoms with Crippen LogP contribution in [0.15, 0.2) is 16.3 Å². The molecule has 0 aliphatic rings. The molecule has 0 saturated heterocycles. The second-order valence-corrected chi connectivity index (χ2v) is 8.66. The zero-order valence-electron chi connectivity index (χ0n) is 11.6. The Labute approximate surface area is 124 Å². The van der Waals surface area contributed by atoms with E-state index < -0.39 is 10.0 Å². The Hall–Kier alpha value is -0.0800. The topological polar surface area (TPSA) is 58.2 Å². The number of likely N-dealkylation sites (N-methyl/N-ethyl adjacent to an activating group) is 1. The van der Waals surface area contributed by atoms with Crippen LogP contribution in [0.2, 0.25) is 0 Å². The molecule has 1 heterocycles. The van der Waals surface area contributed by atoms with Crippen LogP contribution in [0.4, 0.5) is 0 Å². The average molecular weight is 323 g/mol. The van der Waals surface area contributed by atoms with Crippen molar-refractivity contribution in [3.05, 3.63) is 17.0 Å². The molecule has 4 nitrogen and oxygen atoms in total. The summed E-state index contributed by atoms with van der Waals surface area (Å²) < 4.78 is 27.2. The molecule has 110 valence electrons. The van der Waals surface area contributed by atoms with Crippen molar-refractivity contribution in [1.82, 2.24) is 10.0 Å². The molecule has 7 heteroatoms. The van der Waals surface area contributed by atoms with E-state index in [1.54, 1.807) is 17.8 Å². The monoisotopic (exact) mass is 322 g/mol. The summed E-state index contributed by atoms with van der Waals surface area (Å²) in [6.45, 7) is 6.34. The van der Waals surface area contributed by atoms with Crippen LogP contribution in [0.25, 0.3) is 0 Å². The average Bonchev–Trinajstić information content (AvgIpc) is 2.86. The van der Waals surface area contributed by atoms with Crippen LogP contribution in [0.1, 0.15) is 18.7 Å². The molecule has 1 unspecified atom stereocenters. The van der Waals surface area contributed by atoms with Crippen LogP contribution in [0.3, 0.4) is 0 Å². The van der Waals surface area contributed by atoms with Gasteiger partial charge in [0.2, 0.25) is 10.0 Å². The highest BCUT2D eigenvalue weighted by Gasteiger charge is 2.17. The fourth-order valence-electron chi connectivity index (χ4n) is 1.41. The van der Waals surface area contributed by atoms with Gasteiger partial charge in [0.05, 0.1) is 0 Å². The van der Waals surface area contributed by atoms with Crippen molar-refractivity contribution in [2.45, 2.75) is 29.7 Å². The molecule has 1 rings (SSSR count). The van der Waals surface area contributed by atoms with Gasteiger partial charge in [-0.1, -0.05) is 13.8 Å². The van der Waals surface area contributed by atoms with Crippen molar-refractivity contribution < 1.29 is 8.42 Å². The van der Waals surface area contributed by atoms with E-state index in [0.29, 0.717) is 10.8 Å². The van der Waals surface area contributed by atoms with Gasteiger partial charge in [0.25, 0.3) is 0 Å². The van der Waals surface area contributed by atoms with Crippen molar-refractivity contribution in [1.29, 1.82) is 0 Å². The minimum absolute atomic E-state index is 0.281. The first-order valence-electron chi connectivity index (χ1n) is 6.31. The normalized spacial score (nSPS) is 13.6. The van der Waals surface area contributed by atoms with Crippen molar-refractivity contribution in [3.63, 3.8) is 0 Å². The Morgan fingerprint density at radius 1 is 1.42 bits per heavy atom. The standard InChI is InChI=1S/C12H22N2O2S3/c1-4-13-8-7-11-5-6-12(18-11)19(15,16)14-9-10(2)17-3/h5-6,10,13-14H,4,7-9H2,1-3H3. The maximum absolute atomic E-state index is 12.1. The zero-order valence-corrected chi connectivity index (χ0v) is 14.1. The van der Waals surface area contributed by atoms with E-state index in [9.17, 15) is 8.42 Å². The van der Waals surface area contributed by atoms with E-state index in [0.717, 1.165) is 24.4 Å². The van der Waals surface area contributed by atoms with Crippen molar-refractivity contribution in [2.75, 3.05) is 25.9 Å². The van der Waals surface area contributed by atoms with Crippen LogP contribution in [-0.4, -0.2) is 39.6 Å². The second-order valence-electron chi connectivity index (χ2n) is 4.22. The van der Waals surface area contributed by atoms with Gasteiger partial charge in [0.15, 0.2) is 0 Å². The summed E-state index contributed by atoms with van der Waals surface area (Å²) in [5.74, 6) is 0. The summed E-state index contributed by atoms with van der Waals surface area (Å²) in [4.78, 5) is 1.10. The predicted molar refractivity (Wildman–Crippen MR) is 84.7 cm³/mol. The molecule has 0 saturated carbocycles. The number of rotatable bonds is 9. The molecular formula is C12H22N2O2S3. The summed E-state index contributed by atoms with van der Waals surface area (Å²) in [6, 6.07) is 3.59. The third kappa shape index (κ3) is 5.83. The lowest BCUT2D eigenvalue weighted by Gasteiger charge is -2.09. The maximum atomic E-state index is 12.1. The van der Waals surface area contributed by atoms with E-state index in [2.05, 4.69) is 17.0 Å². The molecule has 0 spiro atoms. The van der Waals surface area contributed by atoms with E-state index in [4.69, 9.17) is 0 Å². The van der Waals surface area contributed by atoms with Gasteiger partial charge in [-0.05, 0) is 37.9 Å². The molecule has 1 atom stereocenters. The van der Waals surface area contributed by atoms with Crippen molar-refractivity contribution >= 4 is 33.1 Å². The molecule has 0 aromatic carbocycles. The smallest absolute Gasteiger partial charge is 0.250 e. The molecule has 2 N–H and O–H groups in total. The van der Waals surface area contributed by atoms with Gasteiger partial charge in [-0.25, -0.2) is 13.1 Å². The van der Waals surface area contributed by atoms with Crippen LogP contribution in [0, 0.1) is 0 Å². The van der Waals surface area contributed by atoms with Gasteiger partial charge in [-0.2, -0.15) is 11.8 Å². The van der Waals surface area contributed by atoms with Crippen LogP contribution in [0.5, 0.6) is 0 Å². The molecule has 0 amide bonds. The number of sulfonamides is 1. The number of hydrogen-bond acceptors (Lipinski definition) is 5. The van der Waals surface area contributed by atoms with E-state index >= 15 is 0 Å². The maximum Gasteiger partial charge on any atom is 0.250 e. The fourth-order valence-corrected chi connectivity index (χ4v) is 4.29. The Morgan fingerprint density at radius 3 is 2.79 bits per heavy atom. The largest absolute Gasteiger partial charge is 0.317 e. The first-order valence-corrected chi connectivity index (χ1v) is 9.90. The van der Waals surface area contributed by atoms with Crippen LogP contribution in [-0.2, 0) is 16.4 Å². The lowest BCUT2D eigenvalue weighted by atomic mass is 10.3. The van der Waals surface area contributed by atoms with E-state index in [-0.39, 0.29) is 5.25 Å². The SMILES string of the molecule is CCNCCc1ccc(S(=O)(=O)NCC(C)SC)s1. The summed E-state index contributed by atoms with van der Waals surface area (Å²) in [6.07, 6.45) is 2.85. The molecule has 1 aromatic rings. The Morgan fingerprint density at radius 2 is 2.16 bits per heavy atom. The van der Waals surface area contributed by atoms with Gasteiger partial charge in [0, 0.05) is 16.7 Å². The minimum atomic E-state index is -3.34. The molecule has 0 bridgehead atoms. The number of thioether (sulfide) groups is 1. The number of nitrogens with one attached hydrogen (secondary N) is 2. The molecule has 0 radical (unpaired) electrons. The Balaban J connectivity index is 2.58. The van der Waals surface area contributed by atoms with Crippen molar-refractivity contribution in [2.24, 2.45) is 0 Å². The predicted octanol–water partition coefficient (Wildman–Crippen LogP) is 1.93. The second kappa shape index (κ2) is 8.26. The third-order valence-electron chi connectivity index (χ3n) is 2.66. The van der Waals surface area contributed by atoms with Gasteiger partial charge in [-0.15, -0.1) is 11.3 Å². The number of hydrogen-bond donors (Lipinski definition) is 2. The van der Waals surface area contributed by atoms with Crippen LogP contribution < -0.4 is 10.0 Å². The van der Waals surface area contributed by atoms with Gasteiger partial charge in [0.1, 0.15) is 4.21 Å². The Kier molecular flexibility index (Phi) is 7.38. The summed E-state index contributed by atoms with van der Waals surface area (Å²) >= 11 is 3.00.